The van der Waals surface area contributed by atoms with Crippen LogP contribution >= 0.6 is 11.3 Å². The summed E-state index contributed by atoms with van der Waals surface area (Å²) >= 11 is 1.58. The summed E-state index contributed by atoms with van der Waals surface area (Å²) in [6.07, 6.45) is 3.89. The average Bonchev–Trinajstić information content (AvgIpc) is 2.97. The zero-order chi connectivity index (χ0) is 12.4. The minimum Gasteiger partial charge on any atom is -0.486 e. The molecule has 5 heteroatoms. The molecule has 0 radical (unpaired) electrons. The summed E-state index contributed by atoms with van der Waals surface area (Å²) in [5, 5.41) is 10.9. The van der Waals surface area contributed by atoms with Crippen LogP contribution in [-0.2, 0) is 6.61 Å². The molecule has 0 saturated heterocycles. The second kappa shape index (κ2) is 4.51. The van der Waals surface area contributed by atoms with Gasteiger partial charge in [-0.15, -0.1) is 11.3 Å². The number of nitrogens with zero attached hydrogens (tertiary/aromatic N) is 3. The van der Waals surface area contributed by atoms with Gasteiger partial charge < -0.3 is 4.74 Å². The molecule has 0 bridgehead atoms. The molecule has 0 unspecified atom stereocenters. The van der Waals surface area contributed by atoms with Gasteiger partial charge in [0.25, 0.3) is 0 Å². The highest BCUT2D eigenvalue weighted by Gasteiger charge is 2.05. The summed E-state index contributed by atoms with van der Waals surface area (Å²) in [4.78, 5) is 5.36. The summed E-state index contributed by atoms with van der Waals surface area (Å²) in [5.74, 6) is 0.594. The van der Waals surface area contributed by atoms with Crippen molar-refractivity contribution in [3.63, 3.8) is 0 Å². The molecule has 3 aromatic rings. The van der Waals surface area contributed by atoms with Gasteiger partial charge in [-0.05, 0) is 12.1 Å². The molecule has 0 aliphatic carbocycles. The topological polar surface area (TPSA) is 50.3 Å². The molecule has 0 atom stereocenters. The lowest BCUT2D eigenvalue weighted by atomic mass is 10.2. The van der Waals surface area contributed by atoms with Crippen LogP contribution in [0.15, 0.2) is 42.0 Å². The largest absolute Gasteiger partial charge is 0.486 e. The van der Waals surface area contributed by atoms with Gasteiger partial charge >= 0.3 is 0 Å². The zero-order valence-electron chi connectivity index (χ0n) is 9.41. The molecule has 0 fully saturated rings. The lowest BCUT2D eigenvalue weighted by Gasteiger charge is -2.05. The Hall–Kier alpha value is -2.32. The first-order valence-corrected chi connectivity index (χ1v) is 6.28. The van der Waals surface area contributed by atoms with Crippen LogP contribution in [0.1, 0.15) is 11.3 Å². The third-order valence-corrected chi connectivity index (χ3v) is 3.30. The number of rotatable bonds is 3. The highest BCUT2D eigenvalue weighted by Crippen LogP contribution is 2.18. The fourth-order valence-corrected chi connectivity index (χ4v) is 2.40. The number of benzene rings is 1. The molecule has 2 heterocycles. The molecule has 1 aromatic carbocycles. The van der Waals surface area contributed by atoms with E-state index in [0.29, 0.717) is 17.9 Å². The molecule has 0 aliphatic rings. The van der Waals surface area contributed by atoms with E-state index in [1.54, 1.807) is 23.5 Å². The van der Waals surface area contributed by atoms with Crippen LogP contribution in [0.5, 0.6) is 5.75 Å². The van der Waals surface area contributed by atoms with E-state index in [2.05, 4.69) is 11.1 Å². The van der Waals surface area contributed by atoms with E-state index in [0.717, 1.165) is 10.7 Å². The summed E-state index contributed by atoms with van der Waals surface area (Å²) in [7, 11) is 0. The minimum atomic E-state index is 0.368. The van der Waals surface area contributed by atoms with Gasteiger partial charge in [0.15, 0.2) is 4.96 Å². The molecule has 4 nitrogen and oxygen atoms in total. The standard InChI is InChI=1S/C13H9N3OS/c14-7-10-3-1-2-4-12(10)17-9-11-8-16-5-6-18-13(16)15-11/h1-6,8H,9H2. The van der Waals surface area contributed by atoms with Gasteiger partial charge in [0, 0.05) is 17.8 Å². The van der Waals surface area contributed by atoms with Gasteiger partial charge in [0.1, 0.15) is 18.4 Å². The molecule has 0 amide bonds. The molecule has 18 heavy (non-hydrogen) atoms. The van der Waals surface area contributed by atoms with Gasteiger partial charge in [-0.3, -0.25) is 4.40 Å². The van der Waals surface area contributed by atoms with E-state index >= 15 is 0 Å². The second-order valence-corrected chi connectivity index (χ2v) is 4.59. The van der Waals surface area contributed by atoms with Gasteiger partial charge in [-0.25, -0.2) is 4.98 Å². The number of fused-ring (bicyclic) bond motifs is 1. The number of aromatic nitrogens is 2. The van der Waals surface area contributed by atoms with Crippen LogP contribution in [0.4, 0.5) is 0 Å². The number of thiazole rings is 1. The Balaban J connectivity index is 1.78. The number of para-hydroxylation sites is 1. The molecule has 0 saturated carbocycles. The van der Waals surface area contributed by atoms with Gasteiger partial charge in [0.05, 0.1) is 11.3 Å². The first-order chi connectivity index (χ1) is 8.86. The van der Waals surface area contributed by atoms with E-state index < -0.39 is 0 Å². The first-order valence-electron chi connectivity index (χ1n) is 5.40. The normalized spacial score (nSPS) is 10.4. The molecule has 0 spiro atoms. The number of hydrogen-bond donors (Lipinski definition) is 0. The molecule has 2 aromatic heterocycles. The quantitative estimate of drug-likeness (QED) is 0.723. The van der Waals surface area contributed by atoms with Crippen molar-refractivity contribution in [1.82, 2.24) is 9.38 Å². The van der Waals surface area contributed by atoms with Crippen molar-refractivity contribution in [2.24, 2.45) is 0 Å². The number of nitriles is 1. The Labute approximate surface area is 108 Å². The van der Waals surface area contributed by atoms with E-state index in [4.69, 9.17) is 10.00 Å². The third-order valence-electron chi connectivity index (χ3n) is 2.53. The van der Waals surface area contributed by atoms with E-state index in [1.165, 1.54) is 0 Å². The van der Waals surface area contributed by atoms with Crippen molar-refractivity contribution in [2.75, 3.05) is 0 Å². The first kappa shape index (κ1) is 10.8. The average molecular weight is 255 g/mol. The maximum absolute atomic E-state index is 8.95. The van der Waals surface area contributed by atoms with Crippen molar-refractivity contribution in [2.45, 2.75) is 6.61 Å². The Kier molecular flexibility index (Phi) is 2.71. The van der Waals surface area contributed by atoms with Crippen LogP contribution in [-0.4, -0.2) is 9.38 Å². The van der Waals surface area contributed by atoms with Gasteiger partial charge in [-0.1, -0.05) is 12.1 Å². The summed E-state index contributed by atoms with van der Waals surface area (Å²) in [6.45, 7) is 0.368. The van der Waals surface area contributed by atoms with Crippen LogP contribution in [0.2, 0.25) is 0 Å². The summed E-state index contributed by atoms with van der Waals surface area (Å²) < 4.78 is 7.58. The maximum atomic E-state index is 8.95. The number of ether oxygens (including phenoxy) is 1. The van der Waals surface area contributed by atoms with Crippen LogP contribution < -0.4 is 4.74 Å². The Morgan fingerprint density at radius 3 is 3.11 bits per heavy atom. The summed E-state index contributed by atoms with van der Waals surface area (Å²) in [5.41, 5.74) is 1.40. The lowest BCUT2D eigenvalue weighted by Crippen LogP contribution is -1.97. The Bertz CT molecular complexity index is 694. The second-order valence-electron chi connectivity index (χ2n) is 3.72. The zero-order valence-corrected chi connectivity index (χ0v) is 10.2. The van der Waals surface area contributed by atoms with Crippen molar-refractivity contribution in [3.05, 3.63) is 53.3 Å². The smallest absolute Gasteiger partial charge is 0.193 e. The summed E-state index contributed by atoms with van der Waals surface area (Å²) in [6, 6.07) is 9.30. The molecular weight excluding hydrogens is 246 g/mol. The van der Waals surface area contributed by atoms with E-state index in [-0.39, 0.29) is 0 Å². The molecule has 0 N–H and O–H groups in total. The number of hydrogen-bond acceptors (Lipinski definition) is 4. The van der Waals surface area contributed by atoms with Crippen molar-refractivity contribution >= 4 is 16.3 Å². The molecule has 0 aliphatic heterocycles. The van der Waals surface area contributed by atoms with E-state index in [1.807, 2.05) is 34.3 Å². The van der Waals surface area contributed by atoms with Gasteiger partial charge in [0.2, 0.25) is 0 Å². The highest BCUT2D eigenvalue weighted by atomic mass is 32.1. The molecule has 3 rings (SSSR count). The monoisotopic (exact) mass is 255 g/mol. The SMILES string of the molecule is N#Cc1ccccc1OCc1cn2ccsc2n1. The number of imidazole rings is 1. The van der Waals surface area contributed by atoms with Crippen LogP contribution in [0.3, 0.4) is 0 Å². The minimum absolute atomic E-state index is 0.368. The molecule has 88 valence electrons. The predicted molar refractivity (Wildman–Crippen MR) is 68.6 cm³/mol. The third kappa shape index (κ3) is 1.94. The lowest BCUT2D eigenvalue weighted by molar-refractivity contribution is 0.301. The predicted octanol–water partition coefficient (Wildman–Crippen LogP) is 2.85. The highest BCUT2D eigenvalue weighted by molar-refractivity contribution is 7.15. The fourth-order valence-electron chi connectivity index (χ4n) is 1.68. The van der Waals surface area contributed by atoms with Crippen molar-refractivity contribution in [1.29, 1.82) is 5.26 Å². The van der Waals surface area contributed by atoms with Gasteiger partial charge in [-0.2, -0.15) is 5.26 Å². The Morgan fingerprint density at radius 1 is 1.39 bits per heavy atom. The Morgan fingerprint density at radius 2 is 2.28 bits per heavy atom. The van der Waals surface area contributed by atoms with Crippen LogP contribution in [0.25, 0.3) is 4.96 Å². The maximum Gasteiger partial charge on any atom is 0.193 e. The molecular formula is C13H9N3OS. The fraction of sp³-hybridized carbons (Fsp3) is 0.0769. The van der Waals surface area contributed by atoms with Crippen LogP contribution in [0, 0.1) is 11.3 Å². The van der Waals surface area contributed by atoms with E-state index in [9.17, 15) is 0 Å². The van der Waals surface area contributed by atoms with Crippen molar-refractivity contribution in [3.8, 4) is 11.8 Å². The van der Waals surface area contributed by atoms with Crippen molar-refractivity contribution < 1.29 is 4.74 Å².